The van der Waals surface area contributed by atoms with E-state index in [0.29, 0.717) is 22.6 Å². The van der Waals surface area contributed by atoms with Crippen LogP contribution in [0.5, 0.6) is 0 Å². The predicted molar refractivity (Wildman–Crippen MR) is 86.6 cm³/mol. The van der Waals surface area contributed by atoms with E-state index in [4.69, 9.17) is 3.63 Å². The quantitative estimate of drug-likeness (QED) is 0.303. The van der Waals surface area contributed by atoms with Gasteiger partial charge in [0.05, 0.1) is 11.1 Å². The maximum atomic E-state index is 12.4. The molecule has 0 saturated carbocycles. The molecule has 0 heterocycles. The molecule has 0 radical (unpaired) electrons. The Morgan fingerprint density at radius 1 is 0.600 bits per heavy atom. The molecule has 0 saturated heterocycles. The monoisotopic (exact) mass is 398 g/mol. The van der Waals surface area contributed by atoms with Crippen LogP contribution in [0.4, 0.5) is 26.3 Å². The van der Waals surface area contributed by atoms with Gasteiger partial charge in [-0.1, -0.05) is 24.3 Å². The fourth-order valence-corrected chi connectivity index (χ4v) is 3.11. The number of hydrogen-bond acceptors (Lipinski definition) is 3. The van der Waals surface area contributed by atoms with Gasteiger partial charge in [-0.3, -0.25) is 0 Å². The third kappa shape index (κ3) is 6.48. The Labute approximate surface area is 149 Å². The zero-order chi connectivity index (χ0) is 18.5. The third-order valence-corrected chi connectivity index (χ3v) is 4.78. The lowest BCUT2D eigenvalue weighted by molar-refractivity contribution is -0.138. The second-order valence-corrected chi connectivity index (χ2v) is 6.57. The van der Waals surface area contributed by atoms with Gasteiger partial charge in [0, 0.05) is 35.6 Å². The second-order valence-electron chi connectivity index (χ2n) is 4.98. The van der Waals surface area contributed by atoms with E-state index in [2.05, 4.69) is 0 Å². The Morgan fingerprint density at radius 3 is 1.20 bits per heavy atom. The first-order valence-electron chi connectivity index (χ1n) is 6.89. The van der Waals surface area contributed by atoms with Gasteiger partial charge in [-0.2, -0.15) is 26.3 Å². The summed E-state index contributed by atoms with van der Waals surface area (Å²) in [5.41, 5.74) is -0.0704. The van der Waals surface area contributed by atoms with E-state index in [9.17, 15) is 26.3 Å². The molecular formula is C16H12F6OS2. The van der Waals surface area contributed by atoms with Crippen LogP contribution in [0.3, 0.4) is 0 Å². The van der Waals surface area contributed by atoms with Crippen molar-refractivity contribution in [2.45, 2.75) is 23.9 Å². The number of benzene rings is 2. The molecule has 0 unspecified atom stereocenters. The molecule has 2 rings (SSSR count). The van der Waals surface area contributed by atoms with E-state index in [1.807, 2.05) is 0 Å². The summed E-state index contributed by atoms with van der Waals surface area (Å²) in [5.74, 6) is 0.719. The van der Waals surface area contributed by atoms with Gasteiger partial charge in [0.15, 0.2) is 0 Å². The lowest BCUT2D eigenvalue weighted by atomic mass is 10.1. The first-order valence-corrected chi connectivity index (χ1v) is 8.72. The lowest BCUT2D eigenvalue weighted by Gasteiger charge is -2.08. The number of halogens is 6. The van der Waals surface area contributed by atoms with E-state index < -0.39 is 23.5 Å². The van der Waals surface area contributed by atoms with Gasteiger partial charge in [-0.05, 0) is 35.4 Å². The molecule has 0 N–H and O–H groups in total. The largest absolute Gasteiger partial charge is 0.416 e. The molecule has 0 fully saturated rings. The molecule has 1 nitrogen and oxygen atoms in total. The molecule has 2 aromatic carbocycles. The molecule has 0 amide bonds. The normalized spacial score (nSPS) is 12.4. The van der Waals surface area contributed by atoms with E-state index in [-0.39, 0.29) is 0 Å². The van der Waals surface area contributed by atoms with E-state index in [0.717, 1.165) is 48.4 Å². The summed E-state index contributed by atoms with van der Waals surface area (Å²) in [6.07, 6.45) is -8.72. The Hall–Kier alpha value is -1.32. The smallest absolute Gasteiger partial charge is 0.247 e. The summed E-state index contributed by atoms with van der Waals surface area (Å²) in [6.45, 7) is 0. The molecule has 0 aliphatic rings. The van der Waals surface area contributed by atoms with Crippen molar-refractivity contribution >= 4 is 24.1 Å². The highest BCUT2D eigenvalue weighted by molar-refractivity contribution is 8.07. The van der Waals surface area contributed by atoms with Crippen molar-refractivity contribution in [1.29, 1.82) is 0 Å². The number of alkyl halides is 6. The van der Waals surface area contributed by atoms with Crippen molar-refractivity contribution in [1.82, 2.24) is 0 Å². The summed E-state index contributed by atoms with van der Waals surface area (Å²) in [4.78, 5) is 0. The molecule has 0 atom stereocenters. The first-order chi connectivity index (χ1) is 11.7. The highest BCUT2D eigenvalue weighted by Gasteiger charge is 2.30. The van der Waals surface area contributed by atoms with Crippen molar-refractivity contribution < 1.29 is 30.0 Å². The Bertz CT molecular complexity index is 606. The fraction of sp³-hybridized carbons (Fsp3) is 0.250. The summed E-state index contributed by atoms with van der Waals surface area (Å²) < 4.78 is 79.8. The van der Waals surface area contributed by atoms with Gasteiger partial charge >= 0.3 is 12.4 Å². The second kappa shape index (κ2) is 8.37. The molecule has 25 heavy (non-hydrogen) atoms. The first kappa shape index (κ1) is 20.0. The van der Waals surface area contributed by atoms with Crippen LogP contribution in [-0.4, -0.2) is 0 Å². The average Bonchev–Trinajstić information content (AvgIpc) is 2.54. The molecule has 0 aromatic heterocycles. The average molecular weight is 398 g/mol. The van der Waals surface area contributed by atoms with Crippen LogP contribution in [-0.2, 0) is 27.5 Å². The molecule has 136 valence electrons. The van der Waals surface area contributed by atoms with Crippen LogP contribution < -0.4 is 0 Å². The van der Waals surface area contributed by atoms with Crippen molar-refractivity contribution in [2.24, 2.45) is 0 Å². The van der Waals surface area contributed by atoms with Gasteiger partial charge < -0.3 is 0 Å². The van der Waals surface area contributed by atoms with E-state index >= 15 is 0 Å². The van der Waals surface area contributed by atoms with Crippen LogP contribution in [0.2, 0.25) is 0 Å². The Kier molecular flexibility index (Phi) is 6.70. The molecule has 0 aliphatic carbocycles. The molecule has 2 aromatic rings. The molecular weight excluding hydrogens is 386 g/mol. The summed E-state index contributed by atoms with van der Waals surface area (Å²) in [7, 11) is 0. The number of rotatable bonds is 6. The third-order valence-electron chi connectivity index (χ3n) is 3.11. The van der Waals surface area contributed by atoms with Crippen molar-refractivity contribution in [2.75, 3.05) is 0 Å². The standard InChI is InChI=1S/C16H12F6OS2/c17-15(18,19)13-5-1-11(2-6-13)9-24-23-25-10-12-3-7-14(8-4-12)16(20,21)22/h1-8H,9-10H2. The van der Waals surface area contributed by atoms with Crippen LogP contribution in [0, 0.1) is 0 Å². The van der Waals surface area contributed by atoms with Gasteiger partial charge in [0.2, 0.25) is 0 Å². The minimum absolute atomic E-state index is 0.359. The Morgan fingerprint density at radius 2 is 0.920 bits per heavy atom. The fourth-order valence-electron chi connectivity index (χ4n) is 1.80. The van der Waals surface area contributed by atoms with Crippen LogP contribution in [0.15, 0.2) is 48.5 Å². The molecule has 0 spiro atoms. The zero-order valence-electron chi connectivity index (χ0n) is 12.5. The molecule has 9 heteroatoms. The highest BCUT2D eigenvalue weighted by atomic mass is 32.2. The van der Waals surface area contributed by atoms with E-state index in [1.54, 1.807) is 0 Å². The zero-order valence-corrected chi connectivity index (χ0v) is 14.2. The SMILES string of the molecule is FC(F)(F)c1ccc(CSOSCc2ccc(C(F)(F)F)cc2)cc1. The van der Waals surface area contributed by atoms with Crippen LogP contribution in [0.25, 0.3) is 0 Å². The van der Waals surface area contributed by atoms with Crippen molar-refractivity contribution in [3.63, 3.8) is 0 Å². The van der Waals surface area contributed by atoms with Crippen molar-refractivity contribution in [3.05, 3.63) is 70.8 Å². The minimum Gasteiger partial charge on any atom is -0.247 e. The maximum absolute atomic E-state index is 12.4. The van der Waals surface area contributed by atoms with Gasteiger partial charge in [-0.15, -0.1) is 0 Å². The van der Waals surface area contributed by atoms with Crippen LogP contribution in [0.1, 0.15) is 22.3 Å². The summed E-state index contributed by atoms with van der Waals surface area (Å²) in [6, 6.07) is 9.52. The number of hydrogen-bond donors (Lipinski definition) is 0. The van der Waals surface area contributed by atoms with Gasteiger partial charge in [0.25, 0.3) is 0 Å². The maximum Gasteiger partial charge on any atom is 0.416 e. The molecule has 0 aliphatic heterocycles. The molecule has 0 bridgehead atoms. The van der Waals surface area contributed by atoms with Gasteiger partial charge in [0.1, 0.15) is 0 Å². The highest BCUT2D eigenvalue weighted by Crippen LogP contribution is 2.31. The summed E-state index contributed by atoms with van der Waals surface area (Å²) >= 11 is 2.10. The van der Waals surface area contributed by atoms with Crippen molar-refractivity contribution in [3.8, 4) is 0 Å². The van der Waals surface area contributed by atoms with E-state index in [1.165, 1.54) is 24.3 Å². The Balaban J connectivity index is 1.71. The van der Waals surface area contributed by atoms with Crippen LogP contribution >= 0.6 is 24.1 Å². The topological polar surface area (TPSA) is 9.23 Å². The summed E-state index contributed by atoms with van der Waals surface area (Å²) in [5, 5.41) is 0. The predicted octanol–water partition coefficient (Wildman–Crippen LogP) is 6.74. The minimum atomic E-state index is -4.36. The lowest BCUT2D eigenvalue weighted by Crippen LogP contribution is -2.04. The van der Waals surface area contributed by atoms with Gasteiger partial charge in [-0.25, -0.2) is 3.63 Å².